The molecule has 0 rings (SSSR count). The zero-order valence-corrected chi connectivity index (χ0v) is 20.1. The van der Waals surface area contributed by atoms with E-state index in [0.717, 1.165) is 11.5 Å². The van der Waals surface area contributed by atoms with E-state index in [2.05, 4.69) is 13.8 Å². The normalized spacial score (nSPS) is 15.1. The molecule has 1 N–H and O–H groups in total. The molecule has 2 atom stereocenters. The highest BCUT2D eigenvalue weighted by molar-refractivity contribution is 8.00. The first kappa shape index (κ1) is 27.0. The van der Waals surface area contributed by atoms with Crippen molar-refractivity contribution in [1.29, 1.82) is 0 Å². The van der Waals surface area contributed by atoms with Crippen LogP contribution >= 0.6 is 32.1 Å². The van der Waals surface area contributed by atoms with Crippen LogP contribution in [-0.2, 0) is 9.05 Å². The highest BCUT2D eigenvalue weighted by Crippen LogP contribution is 2.40. The van der Waals surface area contributed by atoms with E-state index in [4.69, 9.17) is 9.05 Å². The van der Waals surface area contributed by atoms with Crippen molar-refractivity contribution in [1.82, 2.24) is 0 Å². The molecule has 26 heavy (non-hydrogen) atoms. The van der Waals surface area contributed by atoms with E-state index in [1.54, 1.807) is 23.5 Å². The van der Waals surface area contributed by atoms with Gasteiger partial charge in [0.05, 0.1) is 0 Å². The molecule has 0 aromatic heterocycles. The van der Waals surface area contributed by atoms with E-state index < -0.39 is 8.60 Å². The van der Waals surface area contributed by atoms with E-state index >= 15 is 0 Å². The summed E-state index contributed by atoms with van der Waals surface area (Å²) in [5.41, 5.74) is -0.00460. The first-order valence-electron chi connectivity index (χ1n) is 10.7. The van der Waals surface area contributed by atoms with Crippen LogP contribution in [0.15, 0.2) is 0 Å². The third kappa shape index (κ3) is 19.8. The van der Waals surface area contributed by atoms with Crippen LogP contribution in [0.4, 0.5) is 0 Å². The largest absolute Gasteiger partial charge is 0.332 e. The van der Waals surface area contributed by atoms with Gasteiger partial charge in [-0.15, -0.1) is 23.5 Å². The lowest BCUT2D eigenvalue weighted by molar-refractivity contribution is 0.190. The van der Waals surface area contributed by atoms with Crippen molar-refractivity contribution in [3.05, 3.63) is 0 Å². The van der Waals surface area contributed by atoms with Crippen molar-refractivity contribution >= 4 is 32.1 Å². The number of unbranched alkanes of at least 4 members (excludes halogenated alkanes) is 10. The molecule has 0 aliphatic carbocycles. The maximum Gasteiger partial charge on any atom is 0.332 e. The zero-order valence-electron chi connectivity index (χ0n) is 17.6. The lowest BCUT2D eigenvalue weighted by atomic mass is 10.1. The number of rotatable bonds is 20. The summed E-state index contributed by atoms with van der Waals surface area (Å²) >= 11 is 3.55. The van der Waals surface area contributed by atoms with Gasteiger partial charge in [0.15, 0.2) is 0 Å². The molecule has 158 valence electrons. The minimum absolute atomic E-state index is 0.00230. The summed E-state index contributed by atoms with van der Waals surface area (Å²) in [7, 11) is -1.77. The Hall–Kier alpha value is 1.01. The van der Waals surface area contributed by atoms with Gasteiger partial charge >= 0.3 is 8.60 Å². The molecule has 0 aliphatic rings. The van der Waals surface area contributed by atoms with Crippen molar-refractivity contribution in [3.63, 3.8) is 0 Å². The molecule has 0 saturated heterocycles. The molecular weight excluding hydrogens is 383 g/mol. The summed E-state index contributed by atoms with van der Waals surface area (Å²) in [5.74, 6) is 2.19. The van der Waals surface area contributed by atoms with Crippen molar-refractivity contribution in [2.45, 2.75) is 116 Å². The minimum atomic E-state index is -1.77. The molecule has 0 aliphatic heterocycles. The monoisotopic (exact) mass is 426 g/mol. The van der Waals surface area contributed by atoms with Crippen LogP contribution in [-0.4, -0.2) is 27.3 Å². The average molecular weight is 427 g/mol. The molecule has 0 heterocycles. The molecule has 0 amide bonds. The molecule has 0 bridgehead atoms. The lowest BCUT2D eigenvalue weighted by Gasteiger charge is -2.19. The standard InChI is InChI=1S/C20H43O3PS2/c1-5-7-9-11-13-15-17-25-19(3)22-24(21)23-20(4)26-18-16-14-12-10-8-6-2/h19-21H,5-18H2,1-4H3. The van der Waals surface area contributed by atoms with Crippen LogP contribution in [0.25, 0.3) is 0 Å². The summed E-state index contributed by atoms with van der Waals surface area (Å²) in [4.78, 5) is 9.98. The maximum absolute atomic E-state index is 9.98. The van der Waals surface area contributed by atoms with E-state index in [9.17, 15) is 4.89 Å². The second-order valence-corrected chi connectivity index (χ2v) is 10.6. The van der Waals surface area contributed by atoms with Gasteiger partial charge in [0.2, 0.25) is 0 Å². The number of thioether (sulfide) groups is 2. The lowest BCUT2D eigenvalue weighted by Crippen LogP contribution is -2.06. The van der Waals surface area contributed by atoms with Crippen LogP contribution in [0.2, 0.25) is 0 Å². The Morgan fingerprint density at radius 1 is 0.654 bits per heavy atom. The van der Waals surface area contributed by atoms with E-state index in [0.29, 0.717) is 0 Å². The fourth-order valence-corrected chi connectivity index (χ4v) is 5.49. The summed E-state index contributed by atoms with van der Waals surface area (Å²) in [5, 5.41) is 0. The van der Waals surface area contributed by atoms with Gasteiger partial charge < -0.3 is 4.89 Å². The highest BCUT2D eigenvalue weighted by atomic mass is 32.2. The van der Waals surface area contributed by atoms with Crippen LogP contribution in [0.5, 0.6) is 0 Å². The van der Waals surface area contributed by atoms with Crippen LogP contribution in [0.3, 0.4) is 0 Å². The second kappa shape index (κ2) is 20.7. The number of hydrogen-bond donors (Lipinski definition) is 1. The summed E-state index contributed by atoms with van der Waals surface area (Å²) in [6.07, 6.45) is 15.8. The predicted octanol–water partition coefficient (Wildman–Crippen LogP) is 8.12. The summed E-state index contributed by atoms with van der Waals surface area (Å²) in [6, 6.07) is 0. The third-order valence-corrected chi connectivity index (χ3v) is 7.64. The quantitative estimate of drug-likeness (QED) is 0.121. The summed E-state index contributed by atoms with van der Waals surface area (Å²) < 4.78 is 11.2. The molecule has 3 nitrogen and oxygen atoms in total. The van der Waals surface area contributed by atoms with Crippen LogP contribution in [0.1, 0.15) is 105 Å². The second-order valence-electron chi connectivity index (χ2n) is 6.86. The van der Waals surface area contributed by atoms with Crippen molar-refractivity contribution in [3.8, 4) is 0 Å². The van der Waals surface area contributed by atoms with Gasteiger partial charge in [-0.05, 0) is 38.2 Å². The Kier molecular flexibility index (Phi) is 21.5. The molecule has 6 heteroatoms. The van der Waals surface area contributed by atoms with Gasteiger partial charge in [-0.2, -0.15) is 0 Å². The minimum Gasteiger partial charge on any atom is -0.328 e. The molecule has 0 spiro atoms. The van der Waals surface area contributed by atoms with E-state index in [1.807, 2.05) is 13.8 Å². The van der Waals surface area contributed by atoms with Gasteiger partial charge in [0.1, 0.15) is 10.9 Å². The molecule has 0 aromatic rings. The van der Waals surface area contributed by atoms with Gasteiger partial charge in [-0.1, -0.05) is 78.1 Å². The molecule has 0 aromatic carbocycles. The Bertz CT molecular complexity index is 260. The smallest absolute Gasteiger partial charge is 0.328 e. The van der Waals surface area contributed by atoms with Crippen LogP contribution in [0, 0.1) is 0 Å². The van der Waals surface area contributed by atoms with Gasteiger partial charge in [-0.3, -0.25) is 9.05 Å². The summed E-state index contributed by atoms with van der Waals surface area (Å²) in [6.45, 7) is 8.51. The number of hydrogen-bond acceptors (Lipinski definition) is 5. The van der Waals surface area contributed by atoms with E-state index in [-0.39, 0.29) is 10.9 Å². The third-order valence-electron chi connectivity index (χ3n) is 4.18. The Labute approximate surface area is 173 Å². The first-order valence-corrected chi connectivity index (χ1v) is 13.9. The van der Waals surface area contributed by atoms with Gasteiger partial charge in [0.25, 0.3) is 0 Å². The van der Waals surface area contributed by atoms with Gasteiger partial charge in [0, 0.05) is 0 Å². The maximum atomic E-state index is 9.98. The van der Waals surface area contributed by atoms with Crippen molar-refractivity contribution in [2.75, 3.05) is 11.5 Å². The Morgan fingerprint density at radius 2 is 1.00 bits per heavy atom. The highest BCUT2D eigenvalue weighted by Gasteiger charge is 2.16. The molecule has 2 unspecified atom stereocenters. The topological polar surface area (TPSA) is 38.7 Å². The Balaban J connectivity index is 3.50. The Morgan fingerprint density at radius 3 is 1.38 bits per heavy atom. The molecule has 0 radical (unpaired) electrons. The predicted molar refractivity (Wildman–Crippen MR) is 122 cm³/mol. The fraction of sp³-hybridized carbons (Fsp3) is 1.00. The van der Waals surface area contributed by atoms with Gasteiger partial charge in [-0.25, -0.2) is 0 Å². The van der Waals surface area contributed by atoms with E-state index in [1.165, 1.54) is 77.0 Å². The molecule has 0 saturated carbocycles. The molecular formula is C20H43O3PS2. The van der Waals surface area contributed by atoms with Crippen molar-refractivity contribution < 1.29 is 13.9 Å². The average Bonchev–Trinajstić information content (AvgIpc) is 2.60. The zero-order chi connectivity index (χ0) is 19.5. The van der Waals surface area contributed by atoms with Crippen molar-refractivity contribution in [2.24, 2.45) is 0 Å². The molecule has 0 fully saturated rings. The first-order chi connectivity index (χ1) is 12.6. The fourth-order valence-electron chi connectivity index (χ4n) is 2.60. The van der Waals surface area contributed by atoms with Crippen LogP contribution < -0.4 is 0 Å². The SMILES string of the molecule is CCCCCCCCSC(C)OP(O)OC(C)SCCCCCCCC.